The summed E-state index contributed by atoms with van der Waals surface area (Å²) in [7, 11) is 1.78. The molecule has 20 heavy (non-hydrogen) atoms. The first-order chi connectivity index (χ1) is 9.58. The molecule has 102 valence electrons. The van der Waals surface area contributed by atoms with Gasteiger partial charge in [0.25, 0.3) is 0 Å². The average molecular weight is 308 g/mol. The van der Waals surface area contributed by atoms with Gasteiger partial charge in [-0.25, -0.2) is 0 Å². The molecule has 2 heterocycles. The number of aryl methyl sites for hydroxylation is 1. The Morgan fingerprint density at radius 3 is 2.70 bits per heavy atom. The second-order valence-electron chi connectivity index (χ2n) is 4.33. The van der Waals surface area contributed by atoms with E-state index in [1.54, 1.807) is 30.1 Å². The first kappa shape index (κ1) is 13.0. The highest BCUT2D eigenvalue weighted by Gasteiger charge is 2.20. The molecule has 1 aromatic carbocycles. The predicted molar refractivity (Wildman–Crippen MR) is 80.7 cm³/mol. The Hall–Kier alpha value is -1.98. The van der Waals surface area contributed by atoms with Crippen molar-refractivity contribution in [3.8, 4) is 22.5 Å². The van der Waals surface area contributed by atoms with Crippen molar-refractivity contribution in [3.05, 3.63) is 40.5 Å². The Morgan fingerprint density at radius 2 is 2.05 bits per heavy atom. The molecular formula is C13H11Cl2N5. The summed E-state index contributed by atoms with van der Waals surface area (Å²) in [6, 6.07) is 7.11. The molecule has 0 aliphatic rings. The van der Waals surface area contributed by atoms with Gasteiger partial charge in [0.05, 0.1) is 16.3 Å². The molecule has 0 unspecified atom stereocenters. The number of rotatable bonds is 2. The number of H-pyrrole nitrogens is 1. The fourth-order valence-corrected chi connectivity index (χ4v) is 2.57. The van der Waals surface area contributed by atoms with Gasteiger partial charge in [-0.1, -0.05) is 29.3 Å². The normalized spacial score (nSPS) is 10.9. The van der Waals surface area contributed by atoms with Gasteiger partial charge in [0.2, 0.25) is 0 Å². The minimum absolute atomic E-state index is 0.526. The first-order valence-corrected chi connectivity index (χ1v) is 6.61. The van der Waals surface area contributed by atoms with E-state index >= 15 is 0 Å². The molecule has 3 rings (SSSR count). The molecular weight excluding hydrogens is 297 g/mol. The summed E-state index contributed by atoms with van der Waals surface area (Å²) >= 11 is 12.2. The van der Waals surface area contributed by atoms with Crippen LogP contribution in [0.4, 0.5) is 5.82 Å². The summed E-state index contributed by atoms with van der Waals surface area (Å²) in [6.45, 7) is 0. The van der Waals surface area contributed by atoms with Crippen LogP contribution >= 0.6 is 23.2 Å². The minimum Gasteiger partial charge on any atom is -0.383 e. The van der Waals surface area contributed by atoms with Crippen LogP contribution in [0.3, 0.4) is 0 Å². The van der Waals surface area contributed by atoms with Crippen LogP contribution in [0.15, 0.2) is 30.5 Å². The minimum atomic E-state index is 0.526. The lowest BCUT2D eigenvalue weighted by atomic mass is 10.0. The van der Waals surface area contributed by atoms with Crippen molar-refractivity contribution >= 4 is 29.0 Å². The second-order valence-corrected chi connectivity index (χ2v) is 5.17. The Labute approximate surface area is 125 Å². The maximum Gasteiger partial charge on any atom is 0.130 e. The van der Waals surface area contributed by atoms with E-state index in [1.165, 1.54) is 0 Å². The van der Waals surface area contributed by atoms with Crippen molar-refractivity contribution in [3.63, 3.8) is 0 Å². The third-order valence-electron chi connectivity index (χ3n) is 3.05. The van der Waals surface area contributed by atoms with Crippen molar-refractivity contribution in [2.24, 2.45) is 7.05 Å². The number of aromatic amines is 1. The van der Waals surface area contributed by atoms with E-state index in [1.807, 2.05) is 12.1 Å². The number of hydrogen-bond donors (Lipinski definition) is 2. The van der Waals surface area contributed by atoms with Crippen LogP contribution in [0.2, 0.25) is 10.0 Å². The number of anilines is 1. The molecule has 0 aliphatic heterocycles. The Kier molecular flexibility index (Phi) is 3.16. The third kappa shape index (κ3) is 2.05. The zero-order chi connectivity index (χ0) is 14.3. The lowest BCUT2D eigenvalue weighted by molar-refractivity contribution is 0.781. The number of aromatic nitrogens is 4. The molecule has 0 aliphatic carbocycles. The molecule has 0 bridgehead atoms. The van der Waals surface area contributed by atoms with E-state index in [4.69, 9.17) is 28.9 Å². The molecule has 0 saturated carbocycles. The Bertz CT molecular complexity index is 761. The van der Waals surface area contributed by atoms with Crippen LogP contribution in [-0.4, -0.2) is 20.0 Å². The second kappa shape index (κ2) is 4.85. The quantitative estimate of drug-likeness (QED) is 0.762. The standard InChI is InChI=1S/C13H11Cl2N5/c1-20-13(16)11(8-3-2-7(14)6-9(8)15)12(19-20)10-4-5-17-18-10/h2-6H,16H2,1H3,(H,17,18). The molecule has 0 fully saturated rings. The zero-order valence-corrected chi connectivity index (χ0v) is 12.1. The molecule has 2 aromatic heterocycles. The van der Waals surface area contributed by atoms with Gasteiger partial charge in [0.15, 0.2) is 0 Å². The van der Waals surface area contributed by atoms with Crippen LogP contribution in [0.25, 0.3) is 22.5 Å². The smallest absolute Gasteiger partial charge is 0.130 e. The summed E-state index contributed by atoms with van der Waals surface area (Å²) in [4.78, 5) is 0. The fourth-order valence-electron chi connectivity index (χ4n) is 2.07. The Balaban J connectivity index is 2.28. The third-order valence-corrected chi connectivity index (χ3v) is 3.60. The zero-order valence-electron chi connectivity index (χ0n) is 10.6. The van der Waals surface area contributed by atoms with E-state index in [2.05, 4.69) is 15.3 Å². The van der Waals surface area contributed by atoms with Crippen molar-refractivity contribution in [2.45, 2.75) is 0 Å². The molecule has 0 amide bonds. The van der Waals surface area contributed by atoms with Crippen LogP contribution < -0.4 is 5.73 Å². The van der Waals surface area contributed by atoms with Gasteiger partial charge in [-0.05, 0) is 18.2 Å². The molecule has 7 heteroatoms. The molecule has 0 radical (unpaired) electrons. The predicted octanol–water partition coefficient (Wildman–Crippen LogP) is 3.37. The number of nitrogen functional groups attached to an aromatic ring is 1. The van der Waals surface area contributed by atoms with E-state index in [0.717, 1.165) is 16.8 Å². The summed E-state index contributed by atoms with van der Waals surface area (Å²) in [5.41, 5.74) is 9.15. The summed E-state index contributed by atoms with van der Waals surface area (Å²) < 4.78 is 1.61. The lowest BCUT2D eigenvalue weighted by Gasteiger charge is -2.06. The van der Waals surface area contributed by atoms with Gasteiger partial charge >= 0.3 is 0 Å². The molecule has 3 N–H and O–H groups in total. The van der Waals surface area contributed by atoms with Crippen molar-refractivity contribution in [2.75, 3.05) is 5.73 Å². The van der Waals surface area contributed by atoms with Gasteiger partial charge < -0.3 is 5.73 Å². The van der Waals surface area contributed by atoms with E-state index in [-0.39, 0.29) is 0 Å². The summed E-state index contributed by atoms with van der Waals surface area (Å²) in [5, 5.41) is 12.3. The van der Waals surface area contributed by atoms with Crippen molar-refractivity contribution < 1.29 is 0 Å². The van der Waals surface area contributed by atoms with Crippen LogP contribution in [0, 0.1) is 0 Å². The monoisotopic (exact) mass is 307 g/mol. The van der Waals surface area contributed by atoms with Gasteiger partial charge in [-0.2, -0.15) is 10.2 Å². The van der Waals surface area contributed by atoms with Crippen molar-refractivity contribution in [1.29, 1.82) is 0 Å². The van der Waals surface area contributed by atoms with Gasteiger partial charge in [0, 0.05) is 23.8 Å². The van der Waals surface area contributed by atoms with Gasteiger partial charge in [0.1, 0.15) is 11.5 Å². The number of halogens is 2. The Morgan fingerprint density at radius 1 is 1.25 bits per heavy atom. The number of benzene rings is 1. The molecule has 5 nitrogen and oxygen atoms in total. The molecule has 0 atom stereocenters. The number of hydrogen-bond acceptors (Lipinski definition) is 3. The highest BCUT2D eigenvalue weighted by Crippen LogP contribution is 2.39. The average Bonchev–Trinajstić information content (AvgIpc) is 3.01. The van der Waals surface area contributed by atoms with Crippen LogP contribution in [0.1, 0.15) is 0 Å². The maximum atomic E-state index is 6.28. The lowest BCUT2D eigenvalue weighted by Crippen LogP contribution is -1.98. The SMILES string of the molecule is Cn1nc(-c2ccn[nH]2)c(-c2ccc(Cl)cc2Cl)c1N. The van der Waals surface area contributed by atoms with E-state index in [9.17, 15) is 0 Å². The number of nitrogens with two attached hydrogens (primary N) is 1. The van der Waals surface area contributed by atoms with Crippen LogP contribution in [-0.2, 0) is 7.05 Å². The fraction of sp³-hybridized carbons (Fsp3) is 0.0769. The maximum absolute atomic E-state index is 6.28. The van der Waals surface area contributed by atoms with Gasteiger partial charge in [-0.15, -0.1) is 0 Å². The highest BCUT2D eigenvalue weighted by molar-refractivity contribution is 6.36. The molecule has 0 spiro atoms. The first-order valence-electron chi connectivity index (χ1n) is 5.85. The van der Waals surface area contributed by atoms with Crippen molar-refractivity contribution in [1.82, 2.24) is 20.0 Å². The highest BCUT2D eigenvalue weighted by atomic mass is 35.5. The van der Waals surface area contributed by atoms with E-state index in [0.29, 0.717) is 21.6 Å². The van der Waals surface area contributed by atoms with Crippen LogP contribution in [0.5, 0.6) is 0 Å². The number of nitrogens with one attached hydrogen (secondary N) is 1. The molecule has 0 saturated heterocycles. The largest absolute Gasteiger partial charge is 0.383 e. The molecule has 3 aromatic rings. The summed E-state index contributed by atoms with van der Waals surface area (Å²) in [5.74, 6) is 0.527. The van der Waals surface area contributed by atoms with E-state index < -0.39 is 0 Å². The summed E-state index contributed by atoms with van der Waals surface area (Å²) in [6.07, 6.45) is 1.66. The van der Waals surface area contributed by atoms with Gasteiger partial charge in [-0.3, -0.25) is 9.78 Å². The number of nitrogens with zero attached hydrogens (tertiary/aromatic N) is 3. The topological polar surface area (TPSA) is 72.5 Å².